The van der Waals surface area contributed by atoms with Crippen molar-refractivity contribution in [3.63, 3.8) is 0 Å². The Morgan fingerprint density at radius 2 is 1.60 bits per heavy atom. The van der Waals surface area contributed by atoms with E-state index in [-0.39, 0.29) is 26.0 Å². The van der Waals surface area contributed by atoms with Crippen LogP contribution in [0.5, 0.6) is 5.75 Å². The van der Waals surface area contributed by atoms with Crippen molar-refractivity contribution < 1.29 is 54.7 Å². The zero-order chi connectivity index (χ0) is 29.9. The lowest BCUT2D eigenvalue weighted by Crippen LogP contribution is -2.39. The van der Waals surface area contributed by atoms with Crippen molar-refractivity contribution in [3.05, 3.63) is 60.2 Å². The second kappa shape index (κ2) is 12.9. The predicted molar refractivity (Wildman–Crippen MR) is 152 cm³/mol. The highest BCUT2D eigenvalue weighted by molar-refractivity contribution is 14.1. The van der Waals surface area contributed by atoms with Crippen molar-refractivity contribution in [1.82, 2.24) is 0 Å². The van der Waals surface area contributed by atoms with Crippen molar-refractivity contribution in [3.8, 4) is 5.75 Å². The normalized spacial score (nSPS) is 15.8. The average Bonchev–Trinajstić information content (AvgIpc) is 3.30. The number of carbonyl (C=O) groups excluding carboxylic acids is 3. The van der Waals surface area contributed by atoms with Gasteiger partial charge in [-0.25, -0.2) is 18.8 Å². The summed E-state index contributed by atoms with van der Waals surface area (Å²) < 4.78 is 87.3. The van der Waals surface area contributed by atoms with Gasteiger partial charge in [-0.1, -0.05) is 12.1 Å². The first kappa shape index (κ1) is 32.5. The second-order valence-corrected chi connectivity index (χ2v) is 13.1. The fraction of sp³-hybridized carbons (Fsp3) is 0.400. The fourth-order valence-electron chi connectivity index (χ4n) is 3.97. The SMILES string of the molecule is CC1(OC(=O)c2ccccc2C(=O)Oc2c(I)cc(I)cc2C(=O)OCCC(F)C(F)(F)S(=O)(=O)O)CCCC1. The fourth-order valence-corrected chi connectivity index (χ4v) is 6.36. The summed E-state index contributed by atoms with van der Waals surface area (Å²) in [5.41, 5.74) is -1.13. The zero-order valence-electron chi connectivity index (χ0n) is 20.8. The van der Waals surface area contributed by atoms with Crippen molar-refractivity contribution in [2.45, 2.75) is 56.1 Å². The van der Waals surface area contributed by atoms with E-state index in [2.05, 4.69) is 0 Å². The third kappa shape index (κ3) is 7.64. The predicted octanol–water partition coefficient (Wildman–Crippen LogP) is 5.97. The maximum atomic E-state index is 13.8. The minimum absolute atomic E-state index is 0.0426. The number of alkyl halides is 3. The number of hydrogen-bond acceptors (Lipinski definition) is 8. The molecule has 1 N–H and O–H groups in total. The van der Waals surface area contributed by atoms with Crippen LogP contribution in [0.3, 0.4) is 0 Å². The van der Waals surface area contributed by atoms with E-state index in [1.807, 2.05) is 29.5 Å². The summed E-state index contributed by atoms with van der Waals surface area (Å²) >= 11 is 3.65. The molecule has 0 aliphatic heterocycles. The molecule has 40 heavy (non-hydrogen) atoms. The first-order valence-electron chi connectivity index (χ1n) is 11.8. The van der Waals surface area contributed by atoms with Crippen LogP contribution in [0, 0.1) is 7.14 Å². The molecule has 0 bridgehead atoms. The molecule has 1 fully saturated rings. The van der Waals surface area contributed by atoms with Crippen molar-refractivity contribution >= 4 is 73.2 Å². The Labute approximate surface area is 255 Å². The molecule has 0 aromatic heterocycles. The summed E-state index contributed by atoms with van der Waals surface area (Å²) in [7, 11) is -6.02. The van der Waals surface area contributed by atoms with Gasteiger partial charge in [0.2, 0.25) is 0 Å². The molecule has 2 aromatic rings. The van der Waals surface area contributed by atoms with E-state index in [0.29, 0.717) is 16.4 Å². The lowest BCUT2D eigenvalue weighted by Gasteiger charge is -2.24. The molecule has 0 heterocycles. The molecular formula is C25H23F3I2O9S. The van der Waals surface area contributed by atoms with E-state index < -0.39 is 58.1 Å². The number of hydrogen-bond donors (Lipinski definition) is 1. The molecule has 3 rings (SSSR count). The summed E-state index contributed by atoms with van der Waals surface area (Å²) in [5, 5.41) is -5.10. The van der Waals surface area contributed by atoms with Crippen LogP contribution in [0.15, 0.2) is 36.4 Å². The van der Waals surface area contributed by atoms with Gasteiger partial charge in [0.25, 0.3) is 0 Å². The monoisotopic (exact) mass is 810 g/mol. The average molecular weight is 810 g/mol. The summed E-state index contributed by atoms with van der Waals surface area (Å²) in [6.07, 6.45) is -1.41. The van der Waals surface area contributed by atoms with E-state index in [9.17, 15) is 36.0 Å². The number of carbonyl (C=O) groups is 3. The van der Waals surface area contributed by atoms with Gasteiger partial charge in [0, 0.05) is 9.99 Å². The minimum atomic E-state index is -6.02. The molecule has 0 spiro atoms. The van der Waals surface area contributed by atoms with Crippen LogP contribution < -0.4 is 4.74 Å². The summed E-state index contributed by atoms with van der Waals surface area (Å²) in [5.74, 6) is -3.14. The number of rotatable bonds is 10. The van der Waals surface area contributed by atoms with Crippen LogP contribution in [0.4, 0.5) is 13.2 Å². The Morgan fingerprint density at radius 3 is 2.17 bits per heavy atom. The molecule has 1 atom stereocenters. The van der Waals surface area contributed by atoms with Crippen LogP contribution in [0.1, 0.15) is 70.1 Å². The van der Waals surface area contributed by atoms with Gasteiger partial charge in [-0.15, -0.1) is 0 Å². The van der Waals surface area contributed by atoms with Crippen LogP contribution in [0.2, 0.25) is 0 Å². The second-order valence-electron chi connectivity index (χ2n) is 9.17. The smallest absolute Gasteiger partial charge is 0.400 e. The molecule has 1 unspecified atom stereocenters. The molecule has 2 aromatic carbocycles. The molecule has 1 aliphatic carbocycles. The van der Waals surface area contributed by atoms with Gasteiger partial charge < -0.3 is 14.2 Å². The van der Waals surface area contributed by atoms with Crippen LogP contribution in [0.25, 0.3) is 0 Å². The maximum Gasteiger partial charge on any atom is 0.400 e. The molecule has 0 radical (unpaired) electrons. The van der Waals surface area contributed by atoms with E-state index in [1.54, 1.807) is 34.7 Å². The zero-order valence-corrected chi connectivity index (χ0v) is 25.9. The van der Waals surface area contributed by atoms with Crippen molar-refractivity contribution in [2.75, 3.05) is 6.61 Å². The van der Waals surface area contributed by atoms with Crippen LogP contribution in [-0.4, -0.2) is 54.5 Å². The highest BCUT2D eigenvalue weighted by Gasteiger charge is 2.52. The van der Waals surface area contributed by atoms with Gasteiger partial charge in [-0.05, 0) is 102 Å². The molecule has 1 saturated carbocycles. The topological polar surface area (TPSA) is 133 Å². The lowest BCUT2D eigenvalue weighted by molar-refractivity contribution is -0.0163. The highest BCUT2D eigenvalue weighted by Crippen LogP contribution is 2.35. The summed E-state index contributed by atoms with van der Waals surface area (Å²) in [6, 6.07) is 8.64. The minimum Gasteiger partial charge on any atom is -0.462 e. The van der Waals surface area contributed by atoms with E-state index >= 15 is 0 Å². The molecule has 0 amide bonds. The third-order valence-corrected chi connectivity index (χ3v) is 8.47. The lowest BCUT2D eigenvalue weighted by atomic mass is 10.0. The Hall–Kier alpha value is -1.99. The third-order valence-electron chi connectivity index (χ3n) is 6.10. The Bertz CT molecular complexity index is 1410. The van der Waals surface area contributed by atoms with E-state index in [1.165, 1.54) is 24.3 Å². The van der Waals surface area contributed by atoms with Gasteiger partial charge in [-0.2, -0.15) is 17.2 Å². The largest absolute Gasteiger partial charge is 0.462 e. The van der Waals surface area contributed by atoms with E-state index in [0.717, 1.165) is 12.8 Å². The van der Waals surface area contributed by atoms with Crippen molar-refractivity contribution in [2.24, 2.45) is 0 Å². The first-order chi connectivity index (χ1) is 18.6. The number of benzene rings is 2. The Kier molecular flexibility index (Phi) is 10.5. The molecular weight excluding hydrogens is 787 g/mol. The van der Waals surface area contributed by atoms with Gasteiger partial charge in [0.05, 0.1) is 21.3 Å². The number of esters is 3. The quantitative estimate of drug-likeness (QED) is 0.134. The van der Waals surface area contributed by atoms with Gasteiger partial charge >= 0.3 is 33.3 Å². The standard InChI is InChI=1S/C25H23F3I2O9S/c1-24(9-4-5-10-24)39-23(33)16-7-3-2-6-15(16)22(32)38-20-17(12-14(29)13-18(20)30)21(31)37-11-8-19(26)25(27,28)40(34,35)36/h2-3,6-7,12-13,19H,4-5,8-11H2,1H3,(H,34,35,36). The van der Waals surface area contributed by atoms with Crippen LogP contribution in [-0.2, 0) is 19.6 Å². The number of halogens is 5. The Morgan fingerprint density at radius 1 is 1.02 bits per heavy atom. The van der Waals surface area contributed by atoms with Gasteiger partial charge in [0.1, 0.15) is 11.2 Å². The van der Waals surface area contributed by atoms with Gasteiger partial charge in [-0.3, -0.25) is 4.55 Å². The van der Waals surface area contributed by atoms with E-state index in [4.69, 9.17) is 18.8 Å². The highest BCUT2D eigenvalue weighted by atomic mass is 127. The number of ether oxygens (including phenoxy) is 3. The van der Waals surface area contributed by atoms with Crippen molar-refractivity contribution in [1.29, 1.82) is 0 Å². The molecule has 1 aliphatic rings. The molecule has 15 heteroatoms. The van der Waals surface area contributed by atoms with Crippen LogP contribution >= 0.6 is 45.2 Å². The molecule has 0 saturated heterocycles. The first-order valence-corrected chi connectivity index (χ1v) is 15.3. The Balaban J connectivity index is 1.79. The summed E-state index contributed by atoms with van der Waals surface area (Å²) in [4.78, 5) is 38.9. The molecule has 218 valence electrons. The van der Waals surface area contributed by atoms with Gasteiger partial charge in [0.15, 0.2) is 11.9 Å². The maximum absolute atomic E-state index is 13.8. The molecule has 9 nitrogen and oxygen atoms in total. The summed E-state index contributed by atoms with van der Waals surface area (Å²) in [6.45, 7) is 0.841.